The highest BCUT2D eigenvalue weighted by Gasteiger charge is 2.27. The van der Waals surface area contributed by atoms with Crippen molar-refractivity contribution < 1.29 is 17.9 Å². The molecule has 0 saturated carbocycles. The van der Waals surface area contributed by atoms with Gasteiger partial charge in [-0.1, -0.05) is 55.0 Å². The van der Waals surface area contributed by atoms with E-state index in [4.69, 9.17) is 4.74 Å². The lowest BCUT2D eigenvalue weighted by atomic mass is 10.2. The summed E-state index contributed by atoms with van der Waals surface area (Å²) in [6.07, 6.45) is 1.58. The zero-order valence-corrected chi connectivity index (χ0v) is 26.8. The van der Waals surface area contributed by atoms with Crippen LogP contribution in [0.4, 0.5) is 5.13 Å². The molecule has 0 aliphatic carbocycles. The van der Waals surface area contributed by atoms with Crippen molar-refractivity contribution in [3.8, 4) is 5.75 Å². The number of thiazole rings is 1. The fraction of sp³-hybridized carbons (Fsp3) is 0.300. The number of sulfonamides is 1. The van der Waals surface area contributed by atoms with Gasteiger partial charge in [-0.2, -0.15) is 14.4 Å². The standard InChI is InChI=1S/C30H33BrN4O4S2/c1-20(2)18-34(19-21(3)4)41(37,38)26-13-8-23(9-14-26)29(36)35(32-17-22-6-11-25(39-5)12-7-22)30-33-27-15-10-24(31)16-28(27)40-30/h6-17,20-21H,18-19H2,1-5H3/b32-17+. The smallest absolute Gasteiger partial charge is 0.280 e. The first-order valence-electron chi connectivity index (χ1n) is 13.2. The molecule has 1 aromatic heterocycles. The van der Waals surface area contributed by atoms with Gasteiger partial charge < -0.3 is 4.74 Å². The maximum absolute atomic E-state index is 13.8. The fourth-order valence-electron chi connectivity index (χ4n) is 4.11. The lowest BCUT2D eigenvalue weighted by molar-refractivity contribution is 0.0987. The van der Waals surface area contributed by atoms with Gasteiger partial charge in [0.25, 0.3) is 5.91 Å². The minimum atomic E-state index is -3.73. The van der Waals surface area contributed by atoms with E-state index in [0.29, 0.717) is 24.0 Å². The molecule has 0 aliphatic rings. The van der Waals surface area contributed by atoms with Crippen LogP contribution in [-0.4, -0.2) is 50.0 Å². The summed E-state index contributed by atoms with van der Waals surface area (Å²) in [4.78, 5) is 18.6. The van der Waals surface area contributed by atoms with E-state index in [1.165, 1.54) is 44.9 Å². The summed E-state index contributed by atoms with van der Waals surface area (Å²) < 4.78 is 35.5. The van der Waals surface area contributed by atoms with E-state index in [0.717, 1.165) is 20.3 Å². The Labute approximate surface area is 253 Å². The molecule has 11 heteroatoms. The van der Waals surface area contributed by atoms with Gasteiger partial charge in [0.1, 0.15) is 5.75 Å². The molecule has 41 heavy (non-hydrogen) atoms. The number of hydrogen-bond acceptors (Lipinski definition) is 7. The van der Waals surface area contributed by atoms with Crippen LogP contribution in [0.2, 0.25) is 0 Å². The topological polar surface area (TPSA) is 92.2 Å². The Kier molecular flexibility index (Phi) is 9.96. The second-order valence-electron chi connectivity index (χ2n) is 10.4. The fourth-order valence-corrected chi connectivity index (χ4v) is 7.35. The molecule has 4 aromatic rings. The molecular weight excluding hydrogens is 624 g/mol. The van der Waals surface area contributed by atoms with Gasteiger partial charge in [-0.25, -0.2) is 13.4 Å². The summed E-state index contributed by atoms with van der Waals surface area (Å²) in [5.41, 5.74) is 1.79. The highest BCUT2D eigenvalue weighted by molar-refractivity contribution is 9.10. The summed E-state index contributed by atoms with van der Waals surface area (Å²) in [5, 5.41) is 6.15. The molecule has 0 aliphatic heterocycles. The lowest BCUT2D eigenvalue weighted by Gasteiger charge is -2.25. The molecule has 0 unspecified atom stereocenters. The van der Waals surface area contributed by atoms with Crippen LogP contribution >= 0.6 is 27.3 Å². The van der Waals surface area contributed by atoms with Crippen LogP contribution in [0.3, 0.4) is 0 Å². The number of rotatable bonds is 11. The van der Waals surface area contributed by atoms with Crippen molar-refractivity contribution in [2.45, 2.75) is 32.6 Å². The van der Waals surface area contributed by atoms with Gasteiger partial charge in [-0.05, 0) is 84.1 Å². The van der Waals surface area contributed by atoms with E-state index in [9.17, 15) is 13.2 Å². The van der Waals surface area contributed by atoms with E-state index < -0.39 is 15.9 Å². The van der Waals surface area contributed by atoms with Gasteiger partial charge in [-0.15, -0.1) is 0 Å². The number of halogens is 1. The van der Waals surface area contributed by atoms with Crippen molar-refractivity contribution in [1.82, 2.24) is 9.29 Å². The number of amides is 1. The predicted octanol–water partition coefficient (Wildman–Crippen LogP) is 7.05. The lowest BCUT2D eigenvalue weighted by Crippen LogP contribution is -2.37. The average molecular weight is 658 g/mol. The van der Waals surface area contributed by atoms with Gasteiger partial charge in [0.2, 0.25) is 15.2 Å². The number of hydrazone groups is 1. The molecule has 0 fully saturated rings. The highest BCUT2D eigenvalue weighted by Crippen LogP contribution is 2.32. The number of hydrogen-bond donors (Lipinski definition) is 0. The second-order valence-corrected chi connectivity index (χ2v) is 14.2. The maximum Gasteiger partial charge on any atom is 0.280 e. The number of carbonyl (C=O) groups is 1. The van der Waals surface area contributed by atoms with Crippen molar-refractivity contribution >= 4 is 64.8 Å². The third-order valence-corrected chi connectivity index (χ3v) is 9.36. The van der Waals surface area contributed by atoms with Gasteiger partial charge in [0.15, 0.2) is 0 Å². The molecule has 0 saturated heterocycles. The predicted molar refractivity (Wildman–Crippen MR) is 170 cm³/mol. The quantitative estimate of drug-likeness (QED) is 0.127. The summed E-state index contributed by atoms with van der Waals surface area (Å²) in [6.45, 7) is 8.81. The molecule has 0 N–H and O–H groups in total. The number of nitrogens with zero attached hydrogens (tertiary/aromatic N) is 4. The third-order valence-electron chi connectivity index (χ3n) is 6.03. The Hall–Kier alpha value is -3.12. The second kappa shape index (κ2) is 13.2. The largest absolute Gasteiger partial charge is 0.497 e. The van der Waals surface area contributed by atoms with Crippen molar-refractivity contribution in [3.05, 3.63) is 82.3 Å². The van der Waals surface area contributed by atoms with Crippen molar-refractivity contribution in [2.75, 3.05) is 25.2 Å². The molecule has 4 rings (SSSR count). The number of fused-ring (bicyclic) bond motifs is 1. The molecule has 1 heterocycles. The summed E-state index contributed by atoms with van der Waals surface area (Å²) in [7, 11) is -2.13. The molecule has 3 aromatic carbocycles. The van der Waals surface area contributed by atoms with Crippen LogP contribution in [0, 0.1) is 11.8 Å². The summed E-state index contributed by atoms with van der Waals surface area (Å²) in [5.74, 6) is 0.632. The van der Waals surface area contributed by atoms with Gasteiger partial charge in [-0.3, -0.25) is 4.79 Å². The minimum Gasteiger partial charge on any atom is -0.497 e. The Morgan fingerprint density at radius 3 is 2.22 bits per heavy atom. The van der Waals surface area contributed by atoms with E-state index in [1.54, 1.807) is 13.3 Å². The number of ether oxygens (including phenoxy) is 1. The Morgan fingerprint density at radius 1 is 1.00 bits per heavy atom. The molecule has 0 radical (unpaired) electrons. The minimum absolute atomic E-state index is 0.147. The normalized spacial score (nSPS) is 12.2. The molecular formula is C30H33BrN4O4S2. The Balaban J connectivity index is 1.68. The van der Waals surface area contributed by atoms with Crippen molar-refractivity contribution in [3.63, 3.8) is 0 Å². The van der Waals surface area contributed by atoms with Crippen molar-refractivity contribution in [1.29, 1.82) is 0 Å². The molecule has 8 nitrogen and oxygen atoms in total. The molecule has 1 amide bonds. The number of carbonyl (C=O) groups excluding carboxylic acids is 1. The SMILES string of the molecule is COc1ccc(/C=N/N(C(=O)c2ccc(S(=O)(=O)N(CC(C)C)CC(C)C)cc2)c2nc3ccc(Br)cc3s2)cc1. The zero-order chi connectivity index (χ0) is 29.7. The monoisotopic (exact) mass is 656 g/mol. The maximum atomic E-state index is 13.8. The molecule has 0 atom stereocenters. The number of methoxy groups -OCH3 is 1. The molecule has 0 bridgehead atoms. The summed E-state index contributed by atoms with van der Waals surface area (Å²) in [6, 6.07) is 19.0. The first kappa shape index (κ1) is 30.8. The third kappa shape index (κ3) is 7.59. The van der Waals surface area contributed by atoms with Gasteiger partial charge >= 0.3 is 0 Å². The highest BCUT2D eigenvalue weighted by atomic mass is 79.9. The number of aromatic nitrogens is 1. The Morgan fingerprint density at radius 2 is 1.63 bits per heavy atom. The zero-order valence-electron chi connectivity index (χ0n) is 23.6. The van der Waals surface area contributed by atoms with Crippen LogP contribution in [0.25, 0.3) is 10.2 Å². The van der Waals surface area contributed by atoms with Crippen LogP contribution in [0.5, 0.6) is 5.75 Å². The van der Waals surface area contributed by atoms with E-state index in [2.05, 4.69) is 26.0 Å². The van der Waals surface area contributed by atoms with Crippen LogP contribution in [0.1, 0.15) is 43.6 Å². The van der Waals surface area contributed by atoms with Crippen LogP contribution < -0.4 is 9.75 Å². The van der Waals surface area contributed by atoms with E-state index >= 15 is 0 Å². The molecule has 0 spiro atoms. The molecule has 216 valence electrons. The first-order chi connectivity index (χ1) is 19.5. The number of anilines is 1. The summed E-state index contributed by atoms with van der Waals surface area (Å²) >= 11 is 4.82. The van der Waals surface area contributed by atoms with Crippen molar-refractivity contribution in [2.24, 2.45) is 16.9 Å². The average Bonchev–Trinajstić information content (AvgIpc) is 3.35. The van der Waals surface area contributed by atoms with E-state index in [-0.39, 0.29) is 22.3 Å². The van der Waals surface area contributed by atoms with Crippen LogP contribution in [0.15, 0.2) is 81.2 Å². The first-order valence-corrected chi connectivity index (χ1v) is 16.2. The van der Waals surface area contributed by atoms with E-state index in [1.807, 2.05) is 70.2 Å². The Bertz CT molecular complexity index is 1620. The van der Waals surface area contributed by atoms with Gasteiger partial charge in [0.05, 0.1) is 28.4 Å². The van der Waals surface area contributed by atoms with Gasteiger partial charge in [0, 0.05) is 23.1 Å². The number of benzene rings is 3. The van der Waals surface area contributed by atoms with Crippen LogP contribution in [-0.2, 0) is 10.0 Å².